The molecule has 1 saturated heterocycles. The van der Waals surface area contributed by atoms with E-state index in [1.807, 2.05) is 12.1 Å². The molecule has 24 heavy (non-hydrogen) atoms. The van der Waals surface area contributed by atoms with Crippen LogP contribution in [0.4, 0.5) is 0 Å². The fourth-order valence-electron chi connectivity index (χ4n) is 3.21. The Morgan fingerprint density at radius 3 is 2.42 bits per heavy atom. The predicted molar refractivity (Wildman–Crippen MR) is 98.9 cm³/mol. The van der Waals surface area contributed by atoms with Crippen LogP contribution in [0.25, 0.3) is 0 Å². The first-order valence-corrected chi connectivity index (χ1v) is 8.82. The SMILES string of the molecule is CC(C)COc1ccc(C2(C(=O)NCC3CNC3)CCC2)cc1.Cl. The number of carbonyl (C=O) groups excluding carboxylic acids is 1. The minimum Gasteiger partial charge on any atom is -0.493 e. The summed E-state index contributed by atoms with van der Waals surface area (Å²) in [5.74, 6) is 2.20. The van der Waals surface area contributed by atoms with Gasteiger partial charge in [-0.1, -0.05) is 32.4 Å². The highest BCUT2D eigenvalue weighted by Crippen LogP contribution is 2.44. The van der Waals surface area contributed by atoms with E-state index in [0.29, 0.717) is 11.8 Å². The first kappa shape index (κ1) is 19.1. The Labute approximate surface area is 151 Å². The van der Waals surface area contributed by atoms with Crippen molar-refractivity contribution in [2.75, 3.05) is 26.2 Å². The minimum atomic E-state index is -0.312. The standard InChI is InChI=1S/C19H28N2O2.ClH/c1-14(2)13-23-17-6-4-16(5-7-17)19(8-3-9-19)18(22)21-12-15-10-20-11-15;/h4-7,14-15,20H,3,8-13H2,1-2H3,(H,21,22);1H. The maximum Gasteiger partial charge on any atom is 0.230 e. The van der Waals surface area contributed by atoms with E-state index < -0.39 is 0 Å². The summed E-state index contributed by atoms with van der Waals surface area (Å²) in [6.45, 7) is 7.84. The summed E-state index contributed by atoms with van der Waals surface area (Å²) < 4.78 is 5.74. The van der Waals surface area contributed by atoms with E-state index in [9.17, 15) is 4.79 Å². The Morgan fingerprint density at radius 1 is 1.29 bits per heavy atom. The van der Waals surface area contributed by atoms with Crippen LogP contribution >= 0.6 is 12.4 Å². The van der Waals surface area contributed by atoms with E-state index >= 15 is 0 Å². The summed E-state index contributed by atoms with van der Waals surface area (Å²) in [5.41, 5.74) is 0.818. The maximum absolute atomic E-state index is 12.7. The van der Waals surface area contributed by atoms with Crippen LogP contribution in [0.15, 0.2) is 24.3 Å². The van der Waals surface area contributed by atoms with E-state index in [4.69, 9.17) is 4.74 Å². The lowest BCUT2D eigenvalue weighted by atomic mass is 9.63. The van der Waals surface area contributed by atoms with E-state index in [1.54, 1.807) is 0 Å². The highest BCUT2D eigenvalue weighted by Gasteiger charge is 2.45. The molecular weight excluding hydrogens is 324 g/mol. The van der Waals surface area contributed by atoms with Crippen molar-refractivity contribution in [3.8, 4) is 5.75 Å². The van der Waals surface area contributed by atoms with Crippen molar-refractivity contribution in [2.24, 2.45) is 11.8 Å². The van der Waals surface area contributed by atoms with Gasteiger partial charge in [0.1, 0.15) is 5.75 Å². The largest absolute Gasteiger partial charge is 0.493 e. The van der Waals surface area contributed by atoms with Crippen molar-refractivity contribution < 1.29 is 9.53 Å². The molecule has 2 aliphatic rings. The zero-order valence-corrected chi connectivity index (χ0v) is 15.5. The van der Waals surface area contributed by atoms with Crippen molar-refractivity contribution >= 4 is 18.3 Å². The number of benzene rings is 1. The van der Waals surface area contributed by atoms with Gasteiger partial charge in [-0.15, -0.1) is 12.4 Å². The molecule has 3 rings (SSSR count). The lowest BCUT2D eigenvalue weighted by Gasteiger charge is -2.41. The Hall–Kier alpha value is -1.26. The summed E-state index contributed by atoms with van der Waals surface area (Å²) >= 11 is 0. The van der Waals surface area contributed by atoms with Gasteiger partial charge in [-0.2, -0.15) is 0 Å². The molecule has 134 valence electrons. The van der Waals surface area contributed by atoms with Crippen LogP contribution in [-0.2, 0) is 10.2 Å². The molecule has 0 atom stereocenters. The quantitative estimate of drug-likeness (QED) is 0.793. The summed E-state index contributed by atoms with van der Waals surface area (Å²) in [7, 11) is 0. The third kappa shape index (κ3) is 4.04. The summed E-state index contributed by atoms with van der Waals surface area (Å²) in [5, 5.41) is 6.41. The molecular formula is C19H29ClN2O2. The second kappa shape index (κ2) is 8.21. The van der Waals surface area contributed by atoms with Crippen LogP contribution in [-0.4, -0.2) is 32.1 Å². The number of carbonyl (C=O) groups is 1. The monoisotopic (exact) mass is 352 g/mol. The number of hydrogen-bond acceptors (Lipinski definition) is 3. The Balaban J connectivity index is 0.00000208. The minimum absolute atomic E-state index is 0. The fourth-order valence-corrected chi connectivity index (χ4v) is 3.21. The number of nitrogens with one attached hydrogen (secondary N) is 2. The van der Waals surface area contributed by atoms with Crippen LogP contribution in [0.3, 0.4) is 0 Å². The molecule has 0 spiro atoms. The highest BCUT2D eigenvalue weighted by molar-refractivity contribution is 5.89. The summed E-state index contributed by atoms with van der Waals surface area (Å²) in [6, 6.07) is 8.14. The third-order valence-electron chi connectivity index (χ3n) is 5.05. The molecule has 2 N–H and O–H groups in total. The van der Waals surface area contributed by atoms with Crippen LogP contribution in [0.1, 0.15) is 38.7 Å². The van der Waals surface area contributed by atoms with Crippen molar-refractivity contribution in [3.05, 3.63) is 29.8 Å². The van der Waals surface area contributed by atoms with Gasteiger partial charge in [0, 0.05) is 25.6 Å². The average Bonchev–Trinajstić information content (AvgIpc) is 2.43. The zero-order valence-electron chi connectivity index (χ0n) is 14.6. The van der Waals surface area contributed by atoms with E-state index in [0.717, 1.165) is 56.8 Å². The molecule has 0 bridgehead atoms. The second-order valence-corrected chi connectivity index (χ2v) is 7.40. The summed E-state index contributed by atoms with van der Waals surface area (Å²) in [4.78, 5) is 12.7. The molecule has 5 heteroatoms. The lowest BCUT2D eigenvalue weighted by molar-refractivity contribution is -0.130. The molecule has 1 aromatic carbocycles. The van der Waals surface area contributed by atoms with Crippen molar-refractivity contribution in [2.45, 2.75) is 38.5 Å². The molecule has 1 aromatic rings. The molecule has 4 nitrogen and oxygen atoms in total. The molecule has 1 aliphatic carbocycles. The van der Waals surface area contributed by atoms with Crippen molar-refractivity contribution in [3.63, 3.8) is 0 Å². The molecule has 1 amide bonds. The average molecular weight is 353 g/mol. The van der Waals surface area contributed by atoms with Crippen LogP contribution < -0.4 is 15.4 Å². The van der Waals surface area contributed by atoms with Gasteiger partial charge in [0.15, 0.2) is 0 Å². The molecule has 1 saturated carbocycles. The normalized spacial score (nSPS) is 19.0. The first-order valence-electron chi connectivity index (χ1n) is 8.82. The molecule has 0 radical (unpaired) electrons. The molecule has 1 heterocycles. The van der Waals surface area contributed by atoms with Gasteiger partial charge in [-0.05, 0) is 36.5 Å². The smallest absolute Gasteiger partial charge is 0.230 e. The molecule has 0 unspecified atom stereocenters. The van der Waals surface area contributed by atoms with Gasteiger partial charge >= 0.3 is 0 Å². The van der Waals surface area contributed by atoms with E-state index in [-0.39, 0.29) is 23.7 Å². The lowest BCUT2D eigenvalue weighted by Crippen LogP contribution is -2.54. The Morgan fingerprint density at radius 2 is 1.96 bits per heavy atom. The van der Waals surface area contributed by atoms with Gasteiger partial charge in [0.05, 0.1) is 12.0 Å². The molecule has 0 aromatic heterocycles. The maximum atomic E-state index is 12.7. The third-order valence-corrected chi connectivity index (χ3v) is 5.05. The topological polar surface area (TPSA) is 50.4 Å². The number of halogens is 1. The van der Waals surface area contributed by atoms with Crippen LogP contribution in [0, 0.1) is 11.8 Å². The number of ether oxygens (including phenoxy) is 1. The molecule has 2 fully saturated rings. The summed E-state index contributed by atoms with van der Waals surface area (Å²) in [6.07, 6.45) is 3.03. The van der Waals surface area contributed by atoms with E-state index in [2.05, 4.69) is 36.6 Å². The second-order valence-electron chi connectivity index (χ2n) is 7.40. The number of hydrogen-bond donors (Lipinski definition) is 2. The number of amides is 1. The van der Waals surface area contributed by atoms with Crippen molar-refractivity contribution in [1.29, 1.82) is 0 Å². The zero-order chi connectivity index (χ0) is 16.3. The first-order chi connectivity index (χ1) is 11.1. The van der Waals surface area contributed by atoms with Crippen molar-refractivity contribution in [1.82, 2.24) is 10.6 Å². The van der Waals surface area contributed by atoms with Gasteiger partial charge < -0.3 is 15.4 Å². The highest BCUT2D eigenvalue weighted by atomic mass is 35.5. The predicted octanol–water partition coefficient (Wildman–Crippen LogP) is 2.90. The van der Waals surface area contributed by atoms with Crippen LogP contribution in [0.5, 0.6) is 5.75 Å². The molecule has 1 aliphatic heterocycles. The Bertz CT molecular complexity index is 537. The number of rotatable bonds is 7. The van der Waals surface area contributed by atoms with Gasteiger partial charge in [0.2, 0.25) is 5.91 Å². The van der Waals surface area contributed by atoms with E-state index in [1.165, 1.54) is 0 Å². The van der Waals surface area contributed by atoms with Gasteiger partial charge in [0.25, 0.3) is 0 Å². The van der Waals surface area contributed by atoms with Gasteiger partial charge in [-0.25, -0.2) is 0 Å². The Kier molecular flexibility index (Phi) is 6.53. The van der Waals surface area contributed by atoms with Crippen LogP contribution in [0.2, 0.25) is 0 Å². The fraction of sp³-hybridized carbons (Fsp3) is 0.632. The van der Waals surface area contributed by atoms with Gasteiger partial charge in [-0.3, -0.25) is 4.79 Å².